The van der Waals surface area contributed by atoms with E-state index in [9.17, 15) is 59.1 Å². The average molecular weight is 728 g/mol. The Hall–Kier alpha value is -3.83. The molecule has 0 saturated heterocycles. The molecular formula is C34H57N5O12. The molecule has 2 bridgehead atoms. The molecule has 0 aliphatic heterocycles. The molecule has 0 aromatic heterocycles. The molecule has 17 nitrogen and oxygen atoms in total. The summed E-state index contributed by atoms with van der Waals surface area (Å²) in [6.07, 6.45) is 11.1. The Kier molecular flexibility index (Phi) is 18.3. The van der Waals surface area contributed by atoms with Crippen LogP contribution in [0, 0.1) is 10.8 Å². The van der Waals surface area contributed by atoms with Crippen LogP contribution in [0.1, 0.15) is 96.8 Å². The van der Waals surface area contributed by atoms with Gasteiger partial charge in [-0.25, -0.2) is 4.79 Å². The monoisotopic (exact) mass is 727 g/mol. The second kappa shape index (κ2) is 21.5. The first-order chi connectivity index (χ1) is 24.1. The Bertz CT molecular complexity index is 1120. The zero-order chi connectivity index (χ0) is 38.0. The van der Waals surface area contributed by atoms with Gasteiger partial charge in [0.05, 0.1) is 26.2 Å². The van der Waals surface area contributed by atoms with Gasteiger partial charge in [0.15, 0.2) is 6.17 Å². The van der Waals surface area contributed by atoms with Crippen LogP contribution >= 0.6 is 0 Å². The van der Waals surface area contributed by atoms with Gasteiger partial charge in [0.25, 0.3) is 0 Å². The summed E-state index contributed by atoms with van der Waals surface area (Å²) in [5.41, 5.74) is 0.136. The van der Waals surface area contributed by atoms with Gasteiger partial charge in [-0.1, -0.05) is 32.6 Å². The maximum absolute atomic E-state index is 13.2. The molecule has 0 aromatic carbocycles. The van der Waals surface area contributed by atoms with Gasteiger partial charge < -0.3 is 36.2 Å². The molecule has 0 heterocycles. The topological polar surface area (TPSA) is 254 Å². The van der Waals surface area contributed by atoms with Crippen molar-refractivity contribution in [1.82, 2.24) is 25.3 Å². The number of carboxylic acid groups (broad SMARTS) is 5. The van der Waals surface area contributed by atoms with E-state index in [1.165, 1.54) is 30.6 Å². The molecule has 3 saturated carbocycles. The summed E-state index contributed by atoms with van der Waals surface area (Å²) in [5.74, 6) is -7.21. The fourth-order valence-electron chi connectivity index (χ4n) is 7.34. The maximum Gasteiger partial charge on any atom is 0.341 e. The molecule has 51 heavy (non-hydrogen) atoms. The molecule has 3 fully saturated rings. The average Bonchev–Trinajstić information content (AvgIpc) is 3.05. The van der Waals surface area contributed by atoms with Gasteiger partial charge in [-0.15, -0.1) is 0 Å². The maximum atomic E-state index is 13.2. The summed E-state index contributed by atoms with van der Waals surface area (Å²) < 4.78 is 0. The molecule has 0 radical (unpaired) electrons. The van der Waals surface area contributed by atoms with Crippen LogP contribution in [0.15, 0.2) is 0 Å². The summed E-state index contributed by atoms with van der Waals surface area (Å²) in [4.78, 5) is 86.7. The molecule has 2 amide bonds. The van der Waals surface area contributed by atoms with E-state index >= 15 is 0 Å². The minimum Gasteiger partial charge on any atom is -0.480 e. The molecule has 17 heteroatoms. The quantitative estimate of drug-likeness (QED) is 0.0444. The van der Waals surface area contributed by atoms with Crippen molar-refractivity contribution >= 4 is 41.7 Å². The van der Waals surface area contributed by atoms with Gasteiger partial charge in [0, 0.05) is 44.6 Å². The number of carboxylic acids is 5. The standard InChI is InChI=1S/C34H57N5O12/c1-2-3-6-9-33-10-13-34(14-11-33,15-12-33)32(51)35-16-7-4-5-8-25(40)36-30(31(49)50)39(19-17-37(21-26(41)42)22-27(43)44)20-18-38(23-28(45)46)24-29(47)48/h30H,2-24H2,1H3,(H,35,51)(H,36,40)(H,41,42)(H,43,44)(H,45,46)(H,47,48)(H,49,50). The van der Waals surface area contributed by atoms with Crippen molar-refractivity contribution in [3.63, 3.8) is 0 Å². The van der Waals surface area contributed by atoms with E-state index in [2.05, 4.69) is 17.6 Å². The number of aliphatic carboxylic acids is 5. The number of carbonyl (C=O) groups is 7. The number of unbranched alkanes of at least 4 members (excludes halogenated alkanes) is 4. The number of nitrogens with zero attached hydrogens (tertiary/aromatic N) is 3. The van der Waals surface area contributed by atoms with Crippen LogP contribution in [0.5, 0.6) is 0 Å². The van der Waals surface area contributed by atoms with Crippen LogP contribution < -0.4 is 10.6 Å². The summed E-state index contributed by atoms with van der Waals surface area (Å²) in [7, 11) is 0. The SMILES string of the molecule is CCCCCC12CCC(C(=O)NCCCCCC(=O)NC(C(=O)O)N(CCN(CC(=O)O)CC(=O)O)CCN(CC(=O)O)CC(=O)O)(CC1)CC2. The number of carbonyl (C=O) groups excluding carboxylic acids is 2. The van der Waals surface area contributed by atoms with Gasteiger partial charge in [0.2, 0.25) is 11.8 Å². The van der Waals surface area contributed by atoms with E-state index in [1.54, 1.807) is 0 Å². The van der Waals surface area contributed by atoms with Crippen molar-refractivity contribution in [3.8, 4) is 0 Å². The van der Waals surface area contributed by atoms with Crippen molar-refractivity contribution in [3.05, 3.63) is 0 Å². The van der Waals surface area contributed by atoms with Crippen molar-refractivity contribution in [1.29, 1.82) is 0 Å². The lowest BCUT2D eigenvalue weighted by Crippen LogP contribution is -2.56. The van der Waals surface area contributed by atoms with Crippen LogP contribution in [0.25, 0.3) is 0 Å². The smallest absolute Gasteiger partial charge is 0.341 e. The summed E-state index contributed by atoms with van der Waals surface area (Å²) >= 11 is 0. The largest absolute Gasteiger partial charge is 0.480 e. The molecule has 1 atom stereocenters. The molecule has 3 rings (SSSR count). The Morgan fingerprint density at radius 3 is 1.55 bits per heavy atom. The number of hydrogen-bond acceptors (Lipinski definition) is 10. The van der Waals surface area contributed by atoms with E-state index in [0.717, 1.165) is 48.3 Å². The second-order valence-corrected chi connectivity index (χ2v) is 14.1. The van der Waals surface area contributed by atoms with Gasteiger partial charge >= 0.3 is 29.8 Å². The highest BCUT2D eigenvalue weighted by Gasteiger charge is 2.51. The van der Waals surface area contributed by atoms with Gasteiger partial charge in [-0.05, 0) is 63.2 Å². The van der Waals surface area contributed by atoms with Crippen molar-refractivity contribution < 1.29 is 59.1 Å². The van der Waals surface area contributed by atoms with Gasteiger partial charge in [0.1, 0.15) is 0 Å². The Morgan fingerprint density at radius 1 is 0.627 bits per heavy atom. The minimum atomic E-state index is -1.65. The van der Waals surface area contributed by atoms with Crippen molar-refractivity contribution in [2.45, 2.75) is 103 Å². The van der Waals surface area contributed by atoms with Gasteiger partial charge in [-0.2, -0.15) is 0 Å². The lowest BCUT2D eigenvalue weighted by atomic mass is 9.52. The number of nitrogens with one attached hydrogen (secondary N) is 2. The molecule has 0 aromatic rings. The number of rotatable bonds is 28. The minimum absolute atomic E-state index is 0.0239. The molecule has 7 N–H and O–H groups in total. The highest BCUT2D eigenvalue weighted by molar-refractivity contribution is 5.83. The van der Waals surface area contributed by atoms with E-state index in [4.69, 9.17) is 0 Å². The summed E-state index contributed by atoms with van der Waals surface area (Å²) in [6, 6.07) is 0. The predicted octanol–water partition coefficient (Wildman–Crippen LogP) is 1.36. The van der Waals surface area contributed by atoms with Crippen molar-refractivity contribution in [2.24, 2.45) is 10.8 Å². The zero-order valence-corrected chi connectivity index (χ0v) is 29.8. The molecule has 290 valence electrons. The highest BCUT2D eigenvalue weighted by Crippen LogP contribution is 2.58. The third kappa shape index (κ3) is 15.5. The highest BCUT2D eigenvalue weighted by atomic mass is 16.4. The molecular weight excluding hydrogens is 670 g/mol. The third-order valence-electron chi connectivity index (χ3n) is 10.3. The van der Waals surface area contributed by atoms with Crippen LogP contribution in [0.3, 0.4) is 0 Å². The zero-order valence-electron chi connectivity index (χ0n) is 29.8. The van der Waals surface area contributed by atoms with E-state index in [0.29, 0.717) is 31.2 Å². The summed E-state index contributed by atoms with van der Waals surface area (Å²) in [5, 5.41) is 52.2. The fourth-order valence-corrected chi connectivity index (χ4v) is 7.34. The first-order valence-corrected chi connectivity index (χ1v) is 18.0. The summed E-state index contributed by atoms with van der Waals surface area (Å²) in [6.45, 7) is -0.897. The van der Waals surface area contributed by atoms with Crippen LogP contribution in [-0.2, 0) is 33.6 Å². The van der Waals surface area contributed by atoms with E-state index in [-0.39, 0.29) is 43.9 Å². The Morgan fingerprint density at radius 2 is 1.12 bits per heavy atom. The normalized spacial score (nSPS) is 20.3. The van der Waals surface area contributed by atoms with Crippen LogP contribution in [0.4, 0.5) is 0 Å². The lowest BCUT2D eigenvalue weighted by molar-refractivity contribution is -0.149. The number of fused-ring (bicyclic) bond motifs is 3. The molecule has 3 aliphatic carbocycles. The number of amides is 2. The van der Waals surface area contributed by atoms with Crippen LogP contribution in [-0.4, -0.2) is 147 Å². The van der Waals surface area contributed by atoms with Crippen molar-refractivity contribution in [2.75, 3.05) is 58.9 Å². The predicted molar refractivity (Wildman–Crippen MR) is 183 cm³/mol. The van der Waals surface area contributed by atoms with E-state index in [1.807, 2.05) is 0 Å². The fraction of sp³-hybridized carbons (Fsp3) is 0.794. The van der Waals surface area contributed by atoms with E-state index < -0.39 is 68.1 Å². The molecule has 3 aliphatic rings. The first kappa shape index (κ1) is 43.3. The third-order valence-corrected chi connectivity index (χ3v) is 10.3. The number of hydrogen-bond donors (Lipinski definition) is 7. The Balaban J connectivity index is 1.91. The lowest BCUT2D eigenvalue weighted by Gasteiger charge is -2.52. The van der Waals surface area contributed by atoms with Gasteiger partial charge in [-0.3, -0.25) is 43.5 Å². The Labute approximate surface area is 298 Å². The second-order valence-electron chi connectivity index (χ2n) is 14.1. The first-order valence-electron chi connectivity index (χ1n) is 18.0. The van der Waals surface area contributed by atoms with Crippen LogP contribution in [0.2, 0.25) is 0 Å². The molecule has 1 unspecified atom stereocenters. The molecule has 0 spiro atoms.